The summed E-state index contributed by atoms with van der Waals surface area (Å²) in [6.07, 6.45) is 2.51. The van der Waals surface area contributed by atoms with E-state index in [0.717, 1.165) is 11.1 Å². The predicted octanol–water partition coefficient (Wildman–Crippen LogP) is 2.35. The van der Waals surface area contributed by atoms with Crippen LogP contribution in [0, 0.1) is 18.7 Å². The highest BCUT2D eigenvalue weighted by molar-refractivity contribution is 5.26. The Kier molecular flexibility index (Phi) is 3.50. The van der Waals surface area contributed by atoms with E-state index in [-0.39, 0.29) is 11.4 Å². The molecule has 0 radical (unpaired) electrons. The lowest BCUT2D eigenvalue weighted by Crippen LogP contribution is -2.50. The molecule has 2 nitrogen and oxygen atoms in total. The quantitative estimate of drug-likeness (QED) is 0.823. The second-order valence-corrected chi connectivity index (χ2v) is 5.32. The van der Waals surface area contributed by atoms with Crippen molar-refractivity contribution in [3.05, 3.63) is 35.1 Å². The minimum atomic E-state index is -0.173. The van der Waals surface area contributed by atoms with E-state index in [1.807, 2.05) is 13.0 Å². The Hall–Kier alpha value is -0.930. The molecule has 0 bridgehead atoms. The molecule has 1 fully saturated rings. The van der Waals surface area contributed by atoms with E-state index < -0.39 is 0 Å². The Morgan fingerprint density at radius 1 is 1.47 bits per heavy atom. The third-order valence-corrected chi connectivity index (χ3v) is 3.90. The van der Waals surface area contributed by atoms with Crippen LogP contribution in [0.25, 0.3) is 0 Å². The molecule has 0 saturated heterocycles. The van der Waals surface area contributed by atoms with E-state index in [2.05, 4.69) is 12.2 Å². The van der Waals surface area contributed by atoms with Crippen molar-refractivity contribution >= 4 is 0 Å². The third kappa shape index (κ3) is 2.85. The van der Waals surface area contributed by atoms with Gasteiger partial charge in [0.15, 0.2) is 0 Å². The number of benzene rings is 1. The molecule has 1 aliphatic rings. The Labute approximate surface area is 102 Å². The number of nitrogens with one attached hydrogen (secondary N) is 1. The summed E-state index contributed by atoms with van der Waals surface area (Å²) in [6, 6.07) is 4.93. The first-order chi connectivity index (χ1) is 8.05. The second kappa shape index (κ2) is 4.75. The molecule has 0 aliphatic heterocycles. The number of nitrogens with two attached hydrogens (primary N) is 1. The lowest BCUT2D eigenvalue weighted by atomic mass is 9.95. The molecule has 1 aromatic rings. The van der Waals surface area contributed by atoms with Crippen molar-refractivity contribution in [3.63, 3.8) is 0 Å². The summed E-state index contributed by atoms with van der Waals surface area (Å²) >= 11 is 0. The lowest BCUT2D eigenvalue weighted by Gasteiger charge is -2.30. The van der Waals surface area contributed by atoms with E-state index >= 15 is 0 Å². The Morgan fingerprint density at radius 2 is 2.18 bits per heavy atom. The minimum absolute atomic E-state index is 0.00123. The van der Waals surface area contributed by atoms with Crippen LogP contribution in [-0.2, 0) is 6.54 Å². The van der Waals surface area contributed by atoms with Gasteiger partial charge in [-0.05, 0) is 55.9 Å². The summed E-state index contributed by atoms with van der Waals surface area (Å²) in [5.74, 6) is 0.509. The van der Waals surface area contributed by atoms with E-state index in [9.17, 15) is 4.39 Å². The van der Waals surface area contributed by atoms with Crippen molar-refractivity contribution in [3.8, 4) is 0 Å². The molecule has 1 aromatic carbocycles. The second-order valence-electron chi connectivity index (χ2n) is 5.32. The van der Waals surface area contributed by atoms with E-state index in [4.69, 9.17) is 5.73 Å². The van der Waals surface area contributed by atoms with Crippen LogP contribution in [-0.4, -0.2) is 12.1 Å². The normalized spacial score (nSPS) is 19.1. The molecule has 0 heterocycles. The summed E-state index contributed by atoms with van der Waals surface area (Å²) < 4.78 is 13.2. The fourth-order valence-electron chi connectivity index (χ4n) is 2.23. The van der Waals surface area contributed by atoms with E-state index in [1.54, 1.807) is 6.07 Å². The highest BCUT2D eigenvalue weighted by Crippen LogP contribution is 2.39. The summed E-state index contributed by atoms with van der Waals surface area (Å²) in [4.78, 5) is 0. The van der Waals surface area contributed by atoms with Crippen molar-refractivity contribution in [1.29, 1.82) is 0 Å². The molecule has 0 spiro atoms. The number of hydrogen-bond donors (Lipinski definition) is 2. The average Bonchev–Trinajstić information content (AvgIpc) is 3.14. The Bertz CT molecular complexity index is 401. The van der Waals surface area contributed by atoms with Gasteiger partial charge in [0.05, 0.1) is 0 Å². The number of hydrogen-bond acceptors (Lipinski definition) is 2. The van der Waals surface area contributed by atoms with Crippen molar-refractivity contribution in [2.75, 3.05) is 6.54 Å². The van der Waals surface area contributed by atoms with Crippen molar-refractivity contribution in [2.24, 2.45) is 11.7 Å². The molecule has 3 heteroatoms. The van der Waals surface area contributed by atoms with Crippen molar-refractivity contribution in [2.45, 2.75) is 38.8 Å². The Balaban J connectivity index is 2.03. The Morgan fingerprint density at radius 3 is 2.76 bits per heavy atom. The van der Waals surface area contributed by atoms with Gasteiger partial charge >= 0.3 is 0 Å². The molecule has 94 valence electrons. The van der Waals surface area contributed by atoms with Crippen molar-refractivity contribution in [1.82, 2.24) is 5.32 Å². The minimum Gasteiger partial charge on any atom is -0.329 e. The zero-order chi connectivity index (χ0) is 12.5. The van der Waals surface area contributed by atoms with Gasteiger partial charge in [-0.15, -0.1) is 0 Å². The van der Waals surface area contributed by atoms with Gasteiger partial charge in [-0.3, -0.25) is 0 Å². The topological polar surface area (TPSA) is 38.0 Å². The van der Waals surface area contributed by atoms with Crippen LogP contribution in [0.3, 0.4) is 0 Å². The zero-order valence-corrected chi connectivity index (χ0v) is 10.6. The largest absolute Gasteiger partial charge is 0.329 e. The van der Waals surface area contributed by atoms with Crippen LogP contribution in [0.2, 0.25) is 0 Å². The maximum absolute atomic E-state index is 13.2. The van der Waals surface area contributed by atoms with E-state index in [1.165, 1.54) is 18.9 Å². The van der Waals surface area contributed by atoms with Gasteiger partial charge in [-0.2, -0.15) is 0 Å². The highest BCUT2D eigenvalue weighted by Gasteiger charge is 2.39. The molecule has 0 aromatic heterocycles. The summed E-state index contributed by atoms with van der Waals surface area (Å²) in [5.41, 5.74) is 7.98. The summed E-state index contributed by atoms with van der Waals surface area (Å²) in [5, 5.41) is 3.50. The van der Waals surface area contributed by atoms with Crippen LogP contribution < -0.4 is 11.1 Å². The van der Waals surface area contributed by atoms with E-state index in [0.29, 0.717) is 19.0 Å². The standard InChI is InChI=1S/C14H21FN2/c1-10-3-6-13(15)7-11(10)8-17-14(2,9-16)12-4-5-12/h3,6-7,12,17H,4-5,8-9,16H2,1-2H3. The fourth-order valence-corrected chi connectivity index (χ4v) is 2.23. The van der Waals surface area contributed by atoms with Crippen LogP contribution in [0.4, 0.5) is 4.39 Å². The first-order valence-electron chi connectivity index (χ1n) is 6.25. The van der Waals surface area contributed by atoms with Crippen molar-refractivity contribution < 1.29 is 4.39 Å². The highest BCUT2D eigenvalue weighted by atomic mass is 19.1. The van der Waals surface area contributed by atoms with Gasteiger partial charge in [0, 0.05) is 18.6 Å². The molecular formula is C14H21FN2. The molecule has 17 heavy (non-hydrogen) atoms. The summed E-state index contributed by atoms with van der Waals surface area (Å²) in [7, 11) is 0. The van der Waals surface area contributed by atoms with Gasteiger partial charge in [-0.25, -0.2) is 4.39 Å². The summed E-state index contributed by atoms with van der Waals surface area (Å²) in [6.45, 7) is 5.49. The number of rotatable bonds is 5. The van der Waals surface area contributed by atoms with Crippen LogP contribution in [0.5, 0.6) is 0 Å². The van der Waals surface area contributed by atoms with Gasteiger partial charge in [-0.1, -0.05) is 6.07 Å². The van der Waals surface area contributed by atoms with Gasteiger partial charge in [0.25, 0.3) is 0 Å². The molecule has 1 saturated carbocycles. The molecule has 0 amide bonds. The smallest absolute Gasteiger partial charge is 0.123 e. The monoisotopic (exact) mass is 236 g/mol. The lowest BCUT2D eigenvalue weighted by molar-refractivity contribution is 0.316. The SMILES string of the molecule is Cc1ccc(F)cc1CNC(C)(CN)C1CC1. The van der Waals surface area contributed by atoms with Crippen LogP contribution in [0.15, 0.2) is 18.2 Å². The maximum Gasteiger partial charge on any atom is 0.123 e. The predicted molar refractivity (Wildman–Crippen MR) is 68.2 cm³/mol. The van der Waals surface area contributed by atoms with Gasteiger partial charge in [0.1, 0.15) is 5.82 Å². The number of halogens is 1. The first-order valence-corrected chi connectivity index (χ1v) is 6.25. The number of aryl methyl sites for hydroxylation is 1. The molecule has 1 unspecified atom stereocenters. The van der Waals surface area contributed by atoms with Gasteiger partial charge in [0.2, 0.25) is 0 Å². The first kappa shape index (κ1) is 12.5. The van der Waals surface area contributed by atoms with Crippen LogP contribution in [0.1, 0.15) is 30.9 Å². The fraction of sp³-hybridized carbons (Fsp3) is 0.571. The average molecular weight is 236 g/mol. The molecular weight excluding hydrogens is 215 g/mol. The molecule has 3 N–H and O–H groups in total. The van der Waals surface area contributed by atoms with Crippen LogP contribution >= 0.6 is 0 Å². The maximum atomic E-state index is 13.2. The molecule has 1 aliphatic carbocycles. The third-order valence-electron chi connectivity index (χ3n) is 3.90. The zero-order valence-electron chi connectivity index (χ0n) is 10.6. The van der Waals surface area contributed by atoms with Gasteiger partial charge < -0.3 is 11.1 Å². The molecule has 2 rings (SSSR count). The molecule has 1 atom stereocenters.